The molecule has 3 rings (SSSR count). The van der Waals surface area contributed by atoms with Crippen molar-refractivity contribution in [1.82, 2.24) is 20.5 Å². The van der Waals surface area contributed by atoms with E-state index in [0.29, 0.717) is 18.8 Å². The van der Waals surface area contributed by atoms with Gasteiger partial charge < -0.3 is 15.4 Å². The first-order chi connectivity index (χ1) is 13.3. The summed E-state index contributed by atoms with van der Waals surface area (Å²) in [6.07, 6.45) is 3.00. The molecule has 2 aromatic rings. The maximum Gasteiger partial charge on any atom is 0.407 e. The molecule has 1 aliphatic rings. The van der Waals surface area contributed by atoms with Crippen LogP contribution >= 0.6 is 0 Å². The Hall–Kier alpha value is -2.90. The van der Waals surface area contributed by atoms with Gasteiger partial charge >= 0.3 is 6.09 Å². The molecule has 8 heteroatoms. The van der Waals surface area contributed by atoms with Gasteiger partial charge in [-0.25, -0.2) is 4.79 Å². The molecule has 150 valence electrons. The van der Waals surface area contributed by atoms with Crippen LogP contribution in [-0.2, 0) is 16.1 Å². The highest BCUT2D eigenvalue weighted by Gasteiger charge is 2.35. The van der Waals surface area contributed by atoms with E-state index in [9.17, 15) is 9.59 Å². The van der Waals surface area contributed by atoms with Crippen LogP contribution in [0.1, 0.15) is 57.3 Å². The van der Waals surface area contributed by atoms with Gasteiger partial charge in [-0.15, -0.1) is 0 Å². The number of nitrogens with one attached hydrogen (secondary N) is 3. The molecule has 2 heterocycles. The number of hydrogen-bond donors (Lipinski definition) is 3. The summed E-state index contributed by atoms with van der Waals surface area (Å²) in [5, 5.41) is 12.7. The molecule has 0 spiro atoms. The Morgan fingerprint density at radius 2 is 2.07 bits per heavy atom. The third-order valence-electron chi connectivity index (χ3n) is 4.49. The molecule has 0 atom stereocenters. The standard InChI is InChI=1S/C20H27N5O3/c1-20(2,3)11-18(26)23-17-10-16(24-25-17)13-8-15(9-13)28-19(27)22-12-14-6-4-5-7-21-14/h4-7,10,13,15H,8-9,11-12H2,1-3H3,(H,22,27)(H2,23,24,25,26)/t13-,15+. The minimum atomic E-state index is -0.439. The van der Waals surface area contributed by atoms with Crippen LogP contribution in [0.15, 0.2) is 30.5 Å². The molecule has 0 bridgehead atoms. The second-order valence-corrected chi connectivity index (χ2v) is 8.36. The molecular weight excluding hydrogens is 358 g/mol. The van der Waals surface area contributed by atoms with E-state index in [2.05, 4.69) is 25.8 Å². The van der Waals surface area contributed by atoms with Gasteiger partial charge in [0.05, 0.1) is 17.9 Å². The van der Waals surface area contributed by atoms with Gasteiger partial charge in [0.25, 0.3) is 0 Å². The first-order valence-corrected chi connectivity index (χ1v) is 9.48. The van der Waals surface area contributed by atoms with E-state index in [4.69, 9.17) is 4.74 Å². The third kappa shape index (κ3) is 5.80. The van der Waals surface area contributed by atoms with Crippen molar-refractivity contribution in [1.29, 1.82) is 0 Å². The van der Waals surface area contributed by atoms with Crippen molar-refractivity contribution in [2.45, 2.75) is 58.6 Å². The average molecular weight is 385 g/mol. The zero-order valence-electron chi connectivity index (χ0n) is 16.5. The maximum absolute atomic E-state index is 12.0. The number of anilines is 1. The number of aromatic amines is 1. The van der Waals surface area contributed by atoms with Gasteiger partial charge in [-0.2, -0.15) is 5.10 Å². The normalized spacial score (nSPS) is 18.8. The van der Waals surface area contributed by atoms with Crippen molar-refractivity contribution in [3.05, 3.63) is 41.9 Å². The smallest absolute Gasteiger partial charge is 0.407 e. The minimum Gasteiger partial charge on any atom is -0.446 e. The Kier molecular flexibility index (Phi) is 5.96. The molecule has 0 unspecified atom stereocenters. The Balaban J connectivity index is 1.38. The summed E-state index contributed by atoms with van der Waals surface area (Å²) in [7, 11) is 0. The molecule has 0 aliphatic heterocycles. The van der Waals surface area contributed by atoms with Gasteiger partial charge in [-0.05, 0) is 30.4 Å². The number of ether oxygens (including phenoxy) is 1. The van der Waals surface area contributed by atoms with Crippen molar-refractivity contribution in [2.75, 3.05) is 5.32 Å². The summed E-state index contributed by atoms with van der Waals surface area (Å²) < 4.78 is 5.40. The third-order valence-corrected chi connectivity index (χ3v) is 4.49. The molecule has 3 N–H and O–H groups in total. The summed E-state index contributed by atoms with van der Waals surface area (Å²) in [4.78, 5) is 28.0. The van der Waals surface area contributed by atoms with Crippen LogP contribution in [0.4, 0.5) is 10.6 Å². The number of pyridine rings is 1. The molecule has 1 aliphatic carbocycles. The summed E-state index contributed by atoms with van der Waals surface area (Å²) in [5.41, 5.74) is 1.59. The number of alkyl carbamates (subject to hydrolysis) is 1. The Morgan fingerprint density at radius 1 is 1.29 bits per heavy atom. The number of H-pyrrole nitrogens is 1. The lowest BCUT2D eigenvalue weighted by Gasteiger charge is -2.33. The molecule has 28 heavy (non-hydrogen) atoms. The van der Waals surface area contributed by atoms with Crippen LogP contribution in [-0.4, -0.2) is 33.3 Å². The predicted octanol–water partition coefficient (Wildman–Crippen LogP) is 3.35. The van der Waals surface area contributed by atoms with E-state index in [-0.39, 0.29) is 23.3 Å². The van der Waals surface area contributed by atoms with Gasteiger partial charge in [0.1, 0.15) is 11.9 Å². The van der Waals surface area contributed by atoms with E-state index in [1.165, 1.54) is 0 Å². The Morgan fingerprint density at radius 3 is 2.75 bits per heavy atom. The van der Waals surface area contributed by atoms with E-state index >= 15 is 0 Å². The molecule has 0 radical (unpaired) electrons. The SMILES string of the molecule is CC(C)(C)CC(=O)Nc1cc([C@H]2C[C@@H](OC(=O)NCc3ccccn3)C2)n[nH]1. The fourth-order valence-corrected chi connectivity index (χ4v) is 3.05. The molecule has 0 aromatic carbocycles. The largest absolute Gasteiger partial charge is 0.446 e. The van der Waals surface area contributed by atoms with Gasteiger partial charge in [0.2, 0.25) is 5.91 Å². The van der Waals surface area contributed by atoms with Crippen LogP contribution in [0.25, 0.3) is 0 Å². The molecule has 8 nitrogen and oxygen atoms in total. The van der Waals surface area contributed by atoms with Gasteiger partial charge in [-0.3, -0.25) is 14.9 Å². The number of carbonyl (C=O) groups excluding carboxylic acids is 2. The fourth-order valence-electron chi connectivity index (χ4n) is 3.05. The lowest BCUT2D eigenvalue weighted by atomic mass is 9.80. The monoisotopic (exact) mass is 385 g/mol. The van der Waals surface area contributed by atoms with Gasteiger partial charge in [-0.1, -0.05) is 26.8 Å². The number of nitrogens with zero attached hydrogens (tertiary/aromatic N) is 2. The topological polar surface area (TPSA) is 109 Å². The minimum absolute atomic E-state index is 0.0397. The fraction of sp³-hybridized carbons (Fsp3) is 0.500. The predicted molar refractivity (Wildman–Crippen MR) is 105 cm³/mol. The summed E-state index contributed by atoms with van der Waals surface area (Å²) in [6.45, 7) is 6.40. The molecule has 0 saturated heterocycles. The highest BCUT2D eigenvalue weighted by atomic mass is 16.6. The average Bonchev–Trinajstić information content (AvgIpc) is 3.02. The second-order valence-electron chi connectivity index (χ2n) is 8.36. The first kappa shape index (κ1) is 19.9. The van der Waals surface area contributed by atoms with Crippen LogP contribution in [0.3, 0.4) is 0 Å². The van der Waals surface area contributed by atoms with E-state index < -0.39 is 6.09 Å². The van der Waals surface area contributed by atoms with Gasteiger partial charge in [0.15, 0.2) is 0 Å². The molecule has 2 amide bonds. The van der Waals surface area contributed by atoms with E-state index in [1.54, 1.807) is 6.20 Å². The van der Waals surface area contributed by atoms with Crippen LogP contribution in [0.2, 0.25) is 0 Å². The molecule has 1 saturated carbocycles. The number of amides is 2. The van der Waals surface area contributed by atoms with Crippen molar-refractivity contribution < 1.29 is 14.3 Å². The lowest BCUT2D eigenvalue weighted by Crippen LogP contribution is -2.36. The van der Waals surface area contributed by atoms with Crippen LogP contribution in [0.5, 0.6) is 0 Å². The Bertz CT molecular complexity index is 807. The van der Waals surface area contributed by atoms with Crippen molar-refractivity contribution in [3.63, 3.8) is 0 Å². The van der Waals surface area contributed by atoms with E-state index in [1.807, 2.05) is 45.0 Å². The van der Waals surface area contributed by atoms with Gasteiger partial charge in [0, 0.05) is 24.6 Å². The Labute approximate surface area is 164 Å². The number of hydrogen-bond acceptors (Lipinski definition) is 5. The summed E-state index contributed by atoms with van der Waals surface area (Å²) in [6, 6.07) is 7.39. The lowest BCUT2D eigenvalue weighted by molar-refractivity contribution is -0.117. The summed E-state index contributed by atoms with van der Waals surface area (Å²) in [5.74, 6) is 0.780. The first-order valence-electron chi connectivity index (χ1n) is 9.48. The number of carbonyl (C=O) groups is 2. The molecule has 2 aromatic heterocycles. The quantitative estimate of drug-likeness (QED) is 0.706. The number of rotatable bonds is 6. The molecular formula is C20H27N5O3. The van der Waals surface area contributed by atoms with Crippen molar-refractivity contribution in [3.8, 4) is 0 Å². The van der Waals surface area contributed by atoms with E-state index in [0.717, 1.165) is 24.2 Å². The maximum atomic E-state index is 12.0. The summed E-state index contributed by atoms with van der Waals surface area (Å²) >= 11 is 0. The second kappa shape index (κ2) is 8.41. The van der Waals surface area contributed by atoms with Crippen LogP contribution in [0, 0.1) is 5.41 Å². The zero-order valence-corrected chi connectivity index (χ0v) is 16.5. The zero-order chi connectivity index (χ0) is 20.1. The number of aromatic nitrogens is 3. The molecule has 1 fully saturated rings. The highest BCUT2D eigenvalue weighted by molar-refractivity contribution is 5.90. The van der Waals surface area contributed by atoms with Crippen molar-refractivity contribution >= 4 is 17.8 Å². The van der Waals surface area contributed by atoms with Crippen LogP contribution < -0.4 is 10.6 Å². The van der Waals surface area contributed by atoms with Crippen molar-refractivity contribution in [2.24, 2.45) is 5.41 Å². The highest BCUT2D eigenvalue weighted by Crippen LogP contribution is 2.38.